The normalized spacial score (nSPS) is 13.5. The highest BCUT2D eigenvalue weighted by atomic mass is 19.4. The number of halogens is 4. The molecule has 1 unspecified atom stereocenters. The molecule has 0 saturated heterocycles. The van der Waals surface area contributed by atoms with E-state index in [1.54, 1.807) is 0 Å². The molecule has 0 saturated carbocycles. The van der Waals surface area contributed by atoms with Crippen LogP contribution in [0.3, 0.4) is 0 Å². The van der Waals surface area contributed by atoms with Gasteiger partial charge in [-0.1, -0.05) is 6.07 Å². The summed E-state index contributed by atoms with van der Waals surface area (Å²) in [4.78, 5) is 10.3. The van der Waals surface area contributed by atoms with Crippen LogP contribution in [0.4, 0.5) is 17.6 Å². The number of rotatable bonds is 3. The van der Waals surface area contributed by atoms with Gasteiger partial charge in [0.25, 0.3) is 0 Å². The minimum absolute atomic E-state index is 0.291. The Hall–Kier alpha value is -1.63. The predicted molar refractivity (Wildman–Crippen MR) is 48.6 cm³/mol. The maximum Gasteiger partial charge on any atom is 0.419 e. The number of aliphatic carboxylic acids is 1. The Bertz CT molecular complexity index is 428. The van der Waals surface area contributed by atoms with Crippen molar-refractivity contribution in [2.24, 2.45) is 0 Å². The van der Waals surface area contributed by atoms with Gasteiger partial charge in [0, 0.05) is 0 Å². The van der Waals surface area contributed by atoms with Gasteiger partial charge in [-0.15, -0.1) is 0 Å². The van der Waals surface area contributed by atoms with Gasteiger partial charge in [-0.05, 0) is 17.7 Å². The van der Waals surface area contributed by atoms with Crippen molar-refractivity contribution in [2.45, 2.75) is 18.7 Å². The summed E-state index contributed by atoms with van der Waals surface area (Å²) in [6, 6.07) is 1.87. The van der Waals surface area contributed by atoms with Gasteiger partial charge in [-0.25, -0.2) is 4.39 Å². The maximum absolute atomic E-state index is 12.9. The first-order chi connectivity index (χ1) is 7.71. The number of benzene rings is 1. The zero-order valence-corrected chi connectivity index (χ0v) is 8.33. The molecule has 0 heterocycles. The fourth-order valence-electron chi connectivity index (χ4n) is 1.25. The van der Waals surface area contributed by atoms with E-state index in [1.165, 1.54) is 0 Å². The molecule has 0 spiro atoms. The molecular formula is C10H8F4O3. The van der Waals surface area contributed by atoms with Gasteiger partial charge in [-0.3, -0.25) is 4.79 Å². The largest absolute Gasteiger partial charge is 0.481 e. The Morgan fingerprint density at radius 1 is 1.35 bits per heavy atom. The van der Waals surface area contributed by atoms with Crippen LogP contribution in [0.25, 0.3) is 0 Å². The van der Waals surface area contributed by atoms with Gasteiger partial charge in [0.05, 0.1) is 18.1 Å². The minimum Gasteiger partial charge on any atom is -0.481 e. The van der Waals surface area contributed by atoms with Crippen LogP contribution in [-0.4, -0.2) is 16.2 Å². The molecule has 1 aromatic rings. The first kappa shape index (κ1) is 13.4. The lowest BCUT2D eigenvalue weighted by Gasteiger charge is -2.12. The Morgan fingerprint density at radius 2 is 1.94 bits per heavy atom. The second-order valence-electron chi connectivity index (χ2n) is 3.35. The molecule has 0 fully saturated rings. The summed E-state index contributed by atoms with van der Waals surface area (Å²) >= 11 is 0. The van der Waals surface area contributed by atoms with Crippen molar-refractivity contribution < 1.29 is 32.6 Å². The van der Waals surface area contributed by atoms with E-state index in [-0.39, 0.29) is 5.56 Å². The Kier molecular flexibility index (Phi) is 3.72. The average molecular weight is 252 g/mol. The van der Waals surface area contributed by atoms with Crippen molar-refractivity contribution in [2.75, 3.05) is 0 Å². The summed E-state index contributed by atoms with van der Waals surface area (Å²) in [7, 11) is 0. The highest BCUT2D eigenvalue weighted by Crippen LogP contribution is 2.33. The smallest absolute Gasteiger partial charge is 0.419 e. The number of alkyl halides is 3. The van der Waals surface area contributed by atoms with Gasteiger partial charge in [-0.2, -0.15) is 13.2 Å². The van der Waals surface area contributed by atoms with E-state index < -0.39 is 36.1 Å². The molecule has 0 amide bonds. The molecule has 0 bridgehead atoms. The monoisotopic (exact) mass is 252 g/mol. The van der Waals surface area contributed by atoms with Gasteiger partial charge in [0.1, 0.15) is 5.82 Å². The molecule has 2 N–H and O–H groups in total. The summed E-state index contributed by atoms with van der Waals surface area (Å²) in [5.41, 5.74) is -1.82. The Morgan fingerprint density at radius 3 is 2.41 bits per heavy atom. The third-order valence-corrected chi connectivity index (χ3v) is 2.05. The van der Waals surface area contributed by atoms with E-state index in [1.807, 2.05) is 0 Å². The molecular weight excluding hydrogens is 244 g/mol. The van der Waals surface area contributed by atoms with E-state index >= 15 is 0 Å². The topological polar surface area (TPSA) is 57.5 Å². The van der Waals surface area contributed by atoms with Crippen molar-refractivity contribution in [3.8, 4) is 0 Å². The number of hydrogen-bond acceptors (Lipinski definition) is 2. The van der Waals surface area contributed by atoms with Crippen molar-refractivity contribution in [1.82, 2.24) is 0 Å². The second kappa shape index (κ2) is 4.70. The lowest BCUT2D eigenvalue weighted by Crippen LogP contribution is -2.11. The summed E-state index contributed by atoms with van der Waals surface area (Å²) in [6.45, 7) is 0. The van der Waals surface area contributed by atoms with Crippen molar-refractivity contribution in [1.29, 1.82) is 0 Å². The van der Waals surface area contributed by atoms with E-state index in [9.17, 15) is 27.5 Å². The van der Waals surface area contributed by atoms with E-state index in [0.29, 0.717) is 12.1 Å². The zero-order chi connectivity index (χ0) is 13.2. The highest BCUT2D eigenvalue weighted by Gasteiger charge is 2.34. The van der Waals surface area contributed by atoms with Crippen LogP contribution in [0.2, 0.25) is 0 Å². The predicted octanol–water partition coefficient (Wildman–Crippen LogP) is 2.35. The fraction of sp³-hybridized carbons (Fsp3) is 0.300. The summed E-state index contributed by atoms with van der Waals surface area (Å²) in [5.74, 6) is -2.83. The van der Waals surface area contributed by atoms with Gasteiger partial charge in [0.15, 0.2) is 0 Å². The third kappa shape index (κ3) is 3.42. The summed E-state index contributed by atoms with van der Waals surface area (Å²) in [6.07, 6.45) is -7.24. The maximum atomic E-state index is 12.9. The van der Waals surface area contributed by atoms with Gasteiger partial charge < -0.3 is 10.2 Å². The molecule has 1 atom stereocenters. The number of aliphatic hydroxyl groups excluding tert-OH is 1. The zero-order valence-electron chi connectivity index (χ0n) is 8.33. The van der Waals surface area contributed by atoms with Gasteiger partial charge >= 0.3 is 12.1 Å². The molecule has 0 aliphatic carbocycles. The molecule has 17 heavy (non-hydrogen) atoms. The third-order valence-electron chi connectivity index (χ3n) is 2.05. The van der Waals surface area contributed by atoms with E-state index in [4.69, 9.17) is 5.11 Å². The Labute approximate surface area is 93.3 Å². The highest BCUT2D eigenvalue weighted by molar-refractivity contribution is 5.67. The van der Waals surface area contributed by atoms with Crippen molar-refractivity contribution in [3.05, 3.63) is 35.1 Å². The number of carbonyl (C=O) groups is 1. The molecule has 0 radical (unpaired) electrons. The molecule has 7 heteroatoms. The standard InChI is InChI=1S/C10H8F4O3/c11-7-2-1-5(8(15)4-9(16)17)3-6(7)10(12,13)14/h1-3,8,15H,4H2,(H,16,17). The number of carboxylic acid groups (broad SMARTS) is 1. The molecule has 1 rings (SSSR count). The molecule has 94 valence electrons. The molecule has 1 aromatic carbocycles. The second-order valence-corrected chi connectivity index (χ2v) is 3.35. The fourth-order valence-corrected chi connectivity index (χ4v) is 1.25. The van der Waals surface area contributed by atoms with Crippen LogP contribution < -0.4 is 0 Å². The number of aliphatic hydroxyl groups is 1. The quantitative estimate of drug-likeness (QED) is 0.812. The van der Waals surface area contributed by atoms with E-state index in [0.717, 1.165) is 6.07 Å². The SMILES string of the molecule is O=C(O)CC(O)c1ccc(F)c(C(F)(F)F)c1. The van der Waals surface area contributed by atoms with Crippen LogP contribution in [0.5, 0.6) is 0 Å². The summed E-state index contributed by atoms with van der Waals surface area (Å²) < 4.78 is 49.8. The number of hydrogen-bond donors (Lipinski definition) is 2. The summed E-state index contributed by atoms with van der Waals surface area (Å²) in [5, 5.41) is 17.7. The van der Waals surface area contributed by atoms with E-state index in [2.05, 4.69) is 0 Å². The Balaban J connectivity index is 3.08. The lowest BCUT2D eigenvalue weighted by molar-refractivity contribution is -0.140. The van der Waals surface area contributed by atoms with Crippen LogP contribution in [0.15, 0.2) is 18.2 Å². The van der Waals surface area contributed by atoms with Crippen molar-refractivity contribution >= 4 is 5.97 Å². The first-order valence-corrected chi connectivity index (χ1v) is 4.48. The molecule has 0 aliphatic rings. The average Bonchev–Trinajstić information content (AvgIpc) is 2.15. The van der Waals surface area contributed by atoms with Crippen LogP contribution >= 0.6 is 0 Å². The molecule has 0 aromatic heterocycles. The van der Waals surface area contributed by atoms with Crippen LogP contribution in [-0.2, 0) is 11.0 Å². The van der Waals surface area contributed by atoms with Crippen LogP contribution in [0.1, 0.15) is 23.7 Å². The van der Waals surface area contributed by atoms with Crippen molar-refractivity contribution in [3.63, 3.8) is 0 Å². The van der Waals surface area contributed by atoms with Gasteiger partial charge in [0.2, 0.25) is 0 Å². The lowest BCUT2D eigenvalue weighted by atomic mass is 10.0. The first-order valence-electron chi connectivity index (χ1n) is 4.48. The minimum atomic E-state index is -4.89. The number of carboxylic acids is 1. The van der Waals surface area contributed by atoms with Crippen LogP contribution in [0, 0.1) is 5.82 Å². The molecule has 0 aliphatic heterocycles. The molecule has 3 nitrogen and oxygen atoms in total.